The zero-order chi connectivity index (χ0) is 21.8. The van der Waals surface area contributed by atoms with E-state index < -0.39 is 24.5 Å². The average Bonchev–Trinajstić information content (AvgIpc) is 3.11. The fourth-order valence-corrected chi connectivity index (χ4v) is 4.50. The number of hydrogen-bond donors (Lipinski definition) is 4. The van der Waals surface area contributed by atoms with Crippen molar-refractivity contribution in [2.75, 3.05) is 6.54 Å². The summed E-state index contributed by atoms with van der Waals surface area (Å²) in [5.41, 5.74) is 1.63. The summed E-state index contributed by atoms with van der Waals surface area (Å²) in [6, 6.07) is 6.52. The molecular formula is C22H29BrN4O3. The molecule has 1 amide bonds. The Morgan fingerprint density at radius 1 is 1.43 bits per heavy atom. The van der Waals surface area contributed by atoms with Gasteiger partial charge in [0.2, 0.25) is 5.91 Å². The summed E-state index contributed by atoms with van der Waals surface area (Å²) in [6.45, 7) is 4.74. The lowest BCUT2D eigenvalue weighted by atomic mass is 9.95. The maximum atomic E-state index is 13.2. The maximum Gasteiger partial charge on any atom is 0.243 e. The number of hydrogen-bond acceptors (Lipinski definition) is 6. The van der Waals surface area contributed by atoms with Crippen LogP contribution >= 0.6 is 15.9 Å². The van der Waals surface area contributed by atoms with Gasteiger partial charge in [-0.2, -0.15) is 5.26 Å². The van der Waals surface area contributed by atoms with Gasteiger partial charge in [-0.25, -0.2) is 0 Å². The van der Waals surface area contributed by atoms with Gasteiger partial charge in [0.25, 0.3) is 0 Å². The molecule has 162 valence electrons. The highest BCUT2D eigenvalue weighted by Crippen LogP contribution is 2.33. The van der Waals surface area contributed by atoms with Crippen molar-refractivity contribution in [3.63, 3.8) is 0 Å². The summed E-state index contributed by atoms with van der Waals surface area (Å²) in [6.07, 6.45) is 3.71. The third-order valence-electron chi connectivity index (χ3n) is 5.72. The second kappa shape index (κ2) is 9.92. The average molecular weight is 477 g/mol. The van der Waals surface area contributed by atoms with E-state index in [0.29, 0.717) is 19.4 Å². The van der Waals surface area contributed by atoms with Gasteiger partial charge in [-0.3, -0.25) is 10.1 Å². The second-order valence-corrected chi connectivity index (χ2v) is 9.34. The molecule has 0 aromatic heterocycles. The van der Waals surface area contributed by atoms with E-state index in [-0.39, 0.29) is 17.7 Å². The first kappa shape index (κ1) is 22.8. The standard InChI is InChI=1S/C22H29BrN4O3/c1-13(2)9-19(21(29)26-17(12-24)10-15-5-7-25-20(15)28)27-8-6-14-3-4-16(23)11-18(14)22(27)30/h3-4,6,8,11,13,15,17,19-20,22,25,28,30H,5,7,9-10H2,1-2H3,(H,26,29)/t15-,17-,19-,20-,22-/m0/s1. The number of nitrogens with one attached hydrogen (secondary N) is 2. The lowest BCUT2D eigenvalue weighted by Gasteiger charge is -2.38. The Morgan fingerprint density at radius 2 is 2.20 bits per heavy atom. The van der Waals surface area contributed by atoms with Gasteiger partial charge in [0.05, 0.1) is 6.07 Å². The largest absolute Gasteiger partial charge is 0.378 e. The fraction of sp³-hybridized carbons (Fsp3) is 0.545. The van der Waals surface area contributed by atoms with Crippen LogP contribution in [0.3, 0.4) is 0 Å². The third-order valence-corrected chi connectivity index (χ3v) is 6.21. The van der Waals surface area contributed by atoms with Crippen LogP contribution in [0.2, 0.25) is 0 Å². The predicted molar refractivity (Wildman–Crippen MR) is 117 cm³/mol. The van der Waals surface area contributed by atoms with Crippen molar-refractivity contribution in [2.45, 2.75) is 57.6 Å². The van der Waals surface area contributed by atoms with Crippen molar-refractivity contribution in [1.82, 2.24) is 15.5 Å². The number of benzene rings is 1. The van der Waals surface area contributed by atoms with Crippen LogP contribution in [-0.2, 0) is 4.79 Å². The van der Waals surface area contributed by atoms with E-state index in [4.69, 9.17) is 0 Å². The van der Waals surface area contributed by atoms with Gasteiger partial charge in [-0.15, -0.1) is 0 Å². The van der Waals surface area contributed by atoms with Crippen LogP contribution in [0.4, 0.5) is 0 Å². The maximum absolute atomic E-state index is 13.2. The molecule has 1 fully saturated rings. The highest BCUT2D eigenvalue weighted by atomic mass is 79.9. The summed E-state index contributed by atoms with van der Waals surface area (Å²) in [7, 11) is 0. The molecule has 4 N–H and O–H groups in total. The lowest BCUT2D eigenvalue weighted by molar-refractivity contribution is -0.130. The number of nitriles is 1. The first-order chi connectivity index (χ1) is 14.3. The number of carbonyl (C=O) groups excluding carboxylic acids is 1. The molecule has 0 radical (unpaired) electrons. The first-order valence-corrected chi connectivity index (χ1v) is 11.1. The van der Waals surface area contributed by atoms with Crippen LogP contribution in [-0.4, -0.2) is 45.9 Å². The van der Waals surface area contributed by atoms with Crippen LogP contribution < -0.4 is 10.6 Å². The predicted octanol–water partition coefficient (Wildman–Crippen LogP) is 2.47. The van der Waals surface area contributed by atoms with Crippen molar-refractivity contribution in [2.24, 2.45) is 11.8 Å². The molecule has 0 aliphatic carbocycles. The number of nitrogens with zero attached hydrogens (tertiary/aromatic N) is 2. The molecule has 0 spiro atoms. The lowest BCUT2D eigenvalue weighted by Crippen LogP contribution is -2.50. The molecule has 1 aromatic carbocycles. The Bertz CT molecular complexity index is 838. The number of fused-ring (bicyclic) bond motifs is 1. The van der Waals surface area contributed by atoms with E-state index in [1.165, 1.54) is 0 Å². The zero-order valence-electron chi connectivity index (χ0n) is 17.3. The molecule has 0 saturated carbocycles. The normalized spacial score (nSPS) is 25.0. The Hall–Kier alpha value is -1.92. The number of halogens is 1. The molecular weight excluding hydrogens is 448 g/mol. The smallest absolute Gasteiger partial charge is 0.243 e. The molecule has 7 nitrogen and oxygen atoms in total. The Kier molecular flexibility index (Phi) is 7.53. The monoisotopic (exact) mass is 476 g/mol. The van der Waals surface area contributed by atoms with Gasteiger partial charge in [-0.1, -0.05) is 35.8 Å². The van der Waals surface area contributed by atoms with Crippen molar-refractivity contribution in [3.8, 4) is 6.07 Å². The molecule has 1 aromatic rings. The highest BCUT2D eigenvalue weighted by molar-refractivity contribution is 9.10. The van der Waals surface area contributed by atoms with Gasteiger partial charge in [0, 0.05) is 22.2 Å². The van der Waals surface area contributed by atoms with Gasteiger partial charge in [-0.05, 0) is 55.5 Å². The molecule has 5 atom stereocenters. The van der Waals surface area contributed by atoms with Crippen molar-refractivity contribution >= 4 is 27.9 Å². The van der Waals surface area contributed by atoms with E-state index in [2.05, 4.69) is 32.6 Å². The van der Waals surface area contributed by atoms with Crippen LogP contribution in [0.1, 0.15) is 50.5 Å². The first-order valence-electron chi connectivity index (χ1n) is 10.3. The minimum absolute atomic E-state index is 0.0665. The van der Waals surface area contributed by atoms with Crippen molar-refractivity contribution in [3.05, 3.63) is 40.0 Å². The Balaban J connectivity index is 1.76. The van der Waals surface area contributed by atoms with E-state index in [1.807, 2.05) is 38.1 Å². The summed E-state index contributed by atoms with van der Waals surface area (Å²) < 4.78 is 0.855. The molecule has 1 saturated heterocycles. The Labute approximate surface area is 185 Å². The van der Waals surface area contributed by atoms with E-state index in [9.17, 15) is 20.3 Å². The van der Waals surface area contributed by atoms with Crippen LogP contribution in [0.25, 0.3) is 6.08 Å². The van der Waals surface area contributed by atoms with E-state index >= 15 is 0 Å². The number of aliphatic hydroxyl groups is 2. The number of aliphatic hydroxyl groups excluding tert-OH is 2. The summed E-state index contributed by atoms with van der Waals surface area (Å²) in [4.78, 5) is 14.8. The van der Waals surface area contributed by atoms with E-state index in [0.717, 1.165) is 22.0 Å². The van der Waals surface area contributed by atoms with Crippen molar-refractivity contribution in [1.29, 1.82) is 5.26 Å². The molecule has 0 bridgehead atoms. The number of amides is 1. The van der Waals surface area contributed by atoms with Crippen LogP contribution in [0.15, 0.2) is 28.9 Å². The molecule has 2 aliphatic rings. The van der Waals surface area contributed by atoms with Gasteiger partial charge in [0.1, 0.15) is 18.3 Å². The molecule has 2 heterocycles. The van der Waals surface area contributed by atoms with Crippen LogP contribution in [0.5, 0.6) is 0 Å². The van der Waals surface area contributed by atoms with Gasteiger partial charge >= 0.3 is 0 Å². The van der Waals surface area contributed by atoms with Crippen molar-refractivity contribution < 1.29 is 15.0 Å². The van der Waals surface area contributed by atoms with Gasteiger partial charge < -0.3 is 20.4 Å². The molecule has 2 aliphatic heterocycles. The Morgan fingerprint density at radius 3 is 2.83 bits per heavy atom. The minimum atomic E-state index is -0.960. The molecule has 0 unspecified atom stereocenters. The van der Waals surface area contributed by atoms with Gasteiger partial charge in [0.15, 0.2) is 6.23 Å². The quantitative estimate of drug-likeness (QED) is 0.481. The summed E-state index contributed by atoms with van der Waals surface area (Å²) >= 11 is 3.44. The third kappa shape index (κ3) is 5.22. The second-order valence-electron chi connectivity index (χ2n) is 8.43. The summed E-state index contributed by atoms with van der Waals surface area (Å²) in [5.74, 6) is -0.146. The minimum Gasteiger partial charge on any atom is -0.378 e. The van der Waals surface area contributed by atoms with Crippen LogP contribution in [0, 0.1) is 23.2 Å². The van der Waals surface area contributed by atoms with E-state index in [1.54, 1.807) is 11.1 Å². The molecule has 8 heteroatoms. The summed E-state index contributed by atoms with van der Waals surface area (Å²) in [5, 5.41) is 36.3. The SMILES string of the molecule is CC(C)C[C@@H](C(=O)N[C@H](C#N)C[C@@H]1CCN[C@H]1O)N1C=Cc2ccc(Br)cc2[C@@H]1O. The highest BCUT2D eigenvalue weighted by Gasteiger charge is 2.34. The molecule has 3 rings (SSSR count). The number of rotatable bonds is 7. The molecule has 30 heavy (non-hydrogen) atoms. The topological polar surface area (TPSA) is 109 Å². The fourth-order valence-electron chi connectivity index (χ4n) is 4.12. The zero-order valence-corrected chi connectivity index (χ0v) is 18.8. The number of carbonyl (C=O) groups is 1.